The summed E-state index contributed by atoms with van der Waals surface area (Å²) in [6, 6.07) is 19.9. The Balaban J connectivity index is 1.34. The lowest BCUT2D eigenvalue weighted by molar-refractivity contribution is -0.288. The minimum atomic E-state index is 0.345. The van der Waals surface area contributed by atoms with Crippen LogP contribution < -0.4 is 0 Å². The average molecular weight is 805 g/mol. The van der Waals surface area contributed by atoms with Crippen LogP contribution >= 0.6 is 31.9 Å². The van der Waals surface area contributed by atoms with Crippen LogP contribution in [0.3, 0.4) is 0 Å². The van der Waals surface area contributed by atoms with Crippen molar-refractivity contribution in [3.8, 4) is 0 Å². The summed E-state index contributed by atoms with van der Waals surface area (Å²) in [5.74, 6) is 0. The molecule has 0 N–H and O–H groups in total. The molecule has 274 valence electrons. The van der Waals surface area contributed by atoms with Crippen molar-refractivity contribution < 1.29 is 0 Å². The summed E-state index contributed by atoms with van der Waals surface area (Å²) >= 11 is 7.69. The molecule has 0 nitrogen and oxygen atoms in total. The van der Waals surface area contributed by atoms with E-state index in [2.05, 4.69) is 108 Å². The summed E-state index contributed by atoms with van der Waals surface area (Å²) in [6.45, 7) is 9.85. The molecule has 4 unspecified atom stereocenters. The first-order chi connectivity index (χ1) is 24.0. The number of halogens is 2. The summed E-state index contributed by atoms with van der Waals surface area (Å²) in [5, 5.41) is 0. The molecule has 50 heavy (non-hydrogen) atoms. The van der Waals surface area contributed by atoms with E-state index in [-0.39, 0.29) is 0 Å². The van der Waals surface area contributed by atoms with Gasteiger partial charge in [0.15, 0.2) is 0 Å². The second-order valence-corrected chi connectivity index (χ2v) is 22.5. The molecule has 0 heterocycles. The standard InChI is InChI=1S/C48H68Br2/c1-5-9-21-41-25-42(22-10-6-2)28-45(27-41,37-13-17-39(49)18-14-37)35-47(31-41,32-42)48-33-43(23-11-7-3)26-44(34-48,24-12-8-4)30-46(29-43,36-48)38-15-19-40(50)20-16-38/h13-20H,5-12,21-36H2,1-4H3. The highest BCUT2D eigenvalue weighted by molar-refractivity contribution is 9.10. The SMILES string of the molecule is CCCCC12CC3(CCCC)CC(c4ccc(Br)cc4)(C1)CC(C14CC5(CCCC)CC(CCCC)(CC(c6ccc(Br)cc6)(C5)C1)C4)(C2)C3. The maximum Gasteiger partial charge on any atom is 0.0175 e. The van der Waals surface area contributed by atoms with E-state index in [1.54, 1.807) is 36.8 Å². The molecule has 8 bridgehead atoms. The second kappa shape index (κ2) is 13.0. The topological polar surface area (TPSA) is 0 Å². The first-order valence-electron chi connectivity index (χ1n) is 21.5. The van der Waals surface area contributed by atoms with Crippen LogP contribution in [0.25, 0.3) is 0 Å². The molecule has 0 radical (unpaired) electrons. The summed E-state index contributed by atoms with van der Waals surface area (Å²) in [7, 11) is 0. The van der Waals surface area contributed by atoms with Gasteiger partial charge in [-0.25, -0.2) is 0 Å². The lowest BCUT2D eigenvalue weighted by Gasteiger charge is -2.81. The summed E-state index contributed by atoms with van der Waals surface area (Å²) < 4.78 is 2.49. The Morgan fingerprint density at radius 2 is 0.660 bits per heavy atom. The van der Waals surface area contributed by atoms with Crippen molar-refractivity contribution in [3.63, 3.8) is 0 Å². The first kappa shape index (κ1) is 36.4. The fourth-order valence-electron chi connectivity index (χ4n) is 16.7. The van der Waals surface area contributed by atoms with Gasteiger partial charge in [-0.2, -0.15) is 0 Å². The predicted molar refractivity (Wildman–Crippen MR) is 220 cm³/mol. The van der Waals surface area contributed by atoms with Gasteiger partial charge in [-0.1, -0.05) is 135 Å². The fraction of sp³-hybridized carbons (Fsp3) is 0.750. The fourth-order valence-corrected chi connectivity index (χ4v) is 17.3. The molecule has 0 saturated heterocycles. The van der Waals surface area contributed by atoms with Crippen LogP contribution in [0.15, 0.2) is 57.5 Å². The third-order valence-corrected chi connectivity index (χ3v) is 17.9. The van der Waals surface area contributed by atoms with E-state index in [1.165, 1.54) is 137 Å². The lowest BCUT2D eigenvalue weighted by atomic mass is 9.23. The minimum Gasteiger partial charge on any atom is -0.0654 e. The van der Waals surface area contributed by atoms with Gasteiger partial charge in [0, 0.05) is 8.95 Å². The Kier molecular flexibility index (Phi) is 9.47. The summed E-state index contributed by atoms with van der Waals surface area (Å²) in [4.78, 5) is 0. The van der Waals surface area contributed by atoms with E-state index in [4.69, 9.17) is 0 Å². The quantitative estimate of drug-likeness (QED) is 0.168. The van der Waals surface area contributed by atoms with E-state index in [9.17, 15) is 0 Å². The van der Waals surface area contributed by atoms with Crippen LogP contribution in [0.2, 0.25) is 0 Å². The van der Waals surface area contributed by atoms with E-state index < -0.39 is 0 Å². The van der Waals surface area contributed by atoms with E-state index in [1.807, 2.05) is 0 Å². The van der Waals surface area contributed by atoms with Crippen molar-refractivity contribution >= 4 is 31.9 Å². The molecule has 10 rings (SSSR count). The second-order valence-electron chi connectivity index (χ2n) is 20.7. The third kappa shape index (κ3) is 5.82. The highest BCUT2D eigenvalue weighted by Gasteiger charge is 2.78. The molecule has 0 amide bonds. The Bertz CT molecular complexity index is 1350. The molecule has 4 atom stereocenters. The lowest BCUT2D eigenvalue weighted by Crippen LogP contribution is -2.72. The van der Waals surface area contributed by atoms with E-state index in [0.717, 1.165) is 0 Å². The van der Waals surface area contributed by atoms with Crippen molar-refractivity contribution in [2.24, 2.45) is 32.5 Å². The Morgan fingerprint density at radius 1 is 0.380 bits per heavy atom. The van der Waals surface area contributed by atoms with Crippen molar-refractivity contribution in [2.45, 2.75) is 193 Å². The predicted octanol–water partition coefficient (Wildman–Crippen LogP) is 15.8. The molecule has 2 aromatic rings. The van der Waals surface area contributed by atoms with Crippen LogP contribution in [0, 0.1) is 32.5 Å². The molecule has 8 aliphatic carbocycles. The third-order valence-electron chi connectivity index (χ3n) is 16.8. The zero-order valence-electron chi connectivity index (χ0n) is 32.3. The normalized spacial score (nSPS) is 42.4. The number of hydrogen-bond acceptors (Lipinski definition) is 0. The zero-order chi connectivity index (χ0) is 34.9. The van der Waals surface area contributed by atoms with Crippen LogP contribution in [0.1, 0.15) is 193 Å². The number of rotatable bonds is 15. The maximum atomic E-state index is 3.85. The van der Waals surface area contributed by atoms with Gasteiger partial charge in [0.2, 0.25) is 0 Å². The number of unbranched alkanes of at least 4 members (excludes halogenated alkanes) is 4. The Labute approximate surface area is 323 Å². The molecule has 2 heteroatoms. The highest BCUT2D eigenvalue weighted by atomic mass is 79.9. The summed E-state index contributed by atoms with van der Waals surface area (Å²) in [6.07, 6.45) is 35.1. The van der Waals surface area contributed by atoms with Gasteiger partial charge in [-0.15, -0.1) is 0 Å². The molecule has 0 aromatic heterocycles. The van der Waals surface area contributed by atoms with Gasteiger partial charge in [-0.3, -0.25) is 0 Å². The average Bonchev–Trinajstić information content (AvgIpc) is 3.07. The molecular weight excluding hydrogens is 736 g/mol. The Morgan fingerprint density at radius 3 is 0.920 bits per heavy atom. The molecule has 2 aromatic carbocycles. The van der Waals surface area contributed by atoms with Gasteiger partial charge in [0.1, 0.15) is 0 Å². The first-order valence-corrected chi connectivity index (χ1v) is 23.1. The van der Waals surface area contributed by atoms with Gasteiger partial charge in [0.25, 0.3) is 0 Å². The largest absolute Gasteiger partial charge is 0.0654 e. The molecule has 8 saturated carbocycles. The van der Waals surface area contributed by atoms with Crippen LogP contribution in [0.4, 0.5) is 0 Å². The smallest absolute Gasteiger partial charge is 0.0175 e. The van der Waals surface area contributed by atoms with Crippen molar-refractivity contribution in [1.82, 2.24) is 0 Å². The van der Waals surface area contributed by atoms with Crippen molar-refractivity contribution in [3.05, 3.63) is 68.6 Å². The van der Waals surface area contributed by atoms with Crippen LogP contribution in [0.5, 0.6) is 0 Å². The minimum absolute atomic E-state index is 0.345. The molecule has 0 aliphatic heterocycles. The molecule has 8 aliphatic rings. The monoisotopic (exact) mass is 802 g/mol. The van der Waals surface area contributed by atoms with Gasteiger partial charge >= 0.3 is 0 Å². The van der Waals surface area contributed by atoms with E-state index in [0.29, 0.717) is 43.3 Å². The van der Waals surface area contributed by atoms with Gasteiger partial charge < -0.3 is 0 Å². The van der Waals surface area contributed by atoms with Gasteiger partial charge in [-0.05, 0) is 181 Å². The zero-order valence-corrected chi connectivity index (χ0v) is 35.5. The summed E-state index contributed by atoms with van der Waals surface area (Å²) in [5.41, 5.74) is 7.12. The molecule has 8 fully saturated rings. The number of hydrogen-bond donors (Lipinski definition) is 0. The van der Waals surface area contributed by atoms with Crippen molar-refractivity contribution in [1.29, 1.82) is 0 Å². The maximum absolute atomic E-state index is 3.85. The highest BCUT2D eigenvalue weighted by Crippen LogP contribution is 2.87. The molecular formula is C48H68Br2. The molecule has 0 spiro atoms. The Hall–Kier alpha value is -0.600. The number of benzene rings is 2. The van der Waals surface area contributed by atoms with Crippen LogP contribution in [-0.2, 0) is 10.8 Å². The van der Waals surface area contributed by atoms with Crippen LogP contribution in [-0.4, -0.2) is 0 Å². The van der Waals surface area contributed by atoms with Gasteiger partial charge in [0.05, 0.1) is 0 Å². The van der Waals surface area contributed by atoms with Crippen molar-refractivity contribution in [2.75, 3.05) is 0 Å². The van der Waals surface area contributed by atoms with E-state index >= 15 is 0 Å².